The van der Waals surface area contributed by atoms with Gasteiger partial charge in [-0.15, -0.1) is 0 Å². The molecule has 86 valence electrons. The lowest BCUT2D eigenvalue weighted by molar-refractivity contribution is 0.123. The van der Waals surface area contributed by atoms with Crippen LogP contribution in [0.3, 0.4) is 0 Å². The minimum Gasteiger partial charge on any atom is -0.382 e. The second-order valence-electron chi connectivity index (χ2n) is 4.19. The molecule has 0 heterocycles. The fourth-order valence-corrected chi connectivity index (χ4v) is 1.51. The zero-order valence-electron chi connectivity index (χ0n) is 10.3. The molecular weight excluding hydrogens is 174 g/mol. The number of hydrogen-bond acceptors (Lipinski definition) is 2. The number of nitrogens with one attached hydrogen (secondary N) is 1. The van der Waals surface area contributed by atoms with Gasteiger partial charge in [-0.25, -0.2) is 0 Å². The van der Waals surface area contributed by atoms with E-state index in [-0.39, 0.29) is 0 Å². The van der Waals surface area contributed by atoms with E-state index in [0.717, 1.165) is 38.1 Å². The van der Waals surface area contributed by atoms with Crippen molar-refractivity contribution in [2.45, 2.75) is 40.5 Å². The Hall–Kier alpha value is -0.0800. The predicted molar refractivity (Wildman–Crippen MR) is 62.6 cm³/mol. The van der Waals surface area contributed by atoms with Gasteiger partial charge in [-0.3, -0.25) is 0 Å². The van der Waals surface area contributed by atoms with Crippen LogP contribution in [0.25, 0.3) is 0 Å². The third-order valence-corrected chi connectivity index (χ3v) is 2.61. The van der Waals surface area contributed by atoms with Crippen LogP contribution in [-0.4, -0.2) is 26.3 Å². The lowest BCUT2D eigenvalue weighted by Crippen LogP contribution is -2.27. The first kappa shape index (κ1) is 13.9. The molecule has 1 atom stereocenters. The molecule has 0 spiro atoms. The summed E-state index contributed by atoms with van der Waals surface area (Å²) in [6.07, 6.45) is 2.40. The Morgan fingerprint density at radius 1 is 1.21 bits per heavy atom. The summed E-state index contributed by atoms with van der Waals surface area (Å²) in [7, 11) is 0. The van der Waals surface area contributed by atoms with Crippen molar-refractivity contribution in [2.75, 3.05) is 26.3 Å². The van der Waals surface area contributed by atoms with E-state index in [2.05, 4.69) is 33.0 Å². The van der Waals surface area contributed by atoms with Gasteiger partial charge in [0.25, 0.3) is 0 Å². The van der Waals surface area contributed by atoms with E-state index in [4.69, 9.17) is 4.74 Å². The van der Waals surface area contributed by atoms with Crippen molar-refractivity contribution in [3.63, 3.8) is 0 Å². The molecule has 0 aromatic rings. The highest BCUT2D eigenvalue weighted by atomic mass is 16.5. The second kappa shape index (κ2) is 9.47. The van der Waals surface area contributed by atoms with Gasteiger partial charge in [-0.2, -0.15) is 0 Å². The van der Waals surface area contributed by atoms with Crippen LogP contribution in [0.5, 0.6) is 0 Å². The maximum atomic E-state index is 5.39. The van der Waals surface area contributed by atoms with Crippen molar-refractivity contribution < 1.29 is 4.74 Å². The molecule has 0 aliphatic carbocycles. The topological polar surface area (TPSA) is 21.3 Å². The summed E-state index contributed by atoms with van der Waals surface area (Å²) in [5.74, 6) is 1.51. The van der Waals surface area contributed by atoms with Crippen LogP contribution < -0.4 is 5.32 Å². The smallest absolute Gasteiger partial charge is 0.0469 e. The van der Waals surface area contributed by atoms with Gasteiger partial charge in [0, 0.05) is 13.2 Å². The van der Waals surface area contributed by atoms with Crippen molar-refractivity contribution in [1.82, 2.24) is 5.32 Å². The highest BCUT2D eigenvalue weighted by Gasteiger charge is 2.12. The molecule has 0 aliphatic heterocycles. The summed E-state index contributed by atoms with van der Waals surface area (Å²) >= 11 is 0. The molecule has 0 radical (unpaired) electrons. The Bertz CT molecular complexity index is 105. The molecule has 0 fully saturated rings. The normalized spacial score (nSPS) is 13.5. The number of ether oxygens (including phenoxy) is 1. The maximum Gasteiger partial charge on any atom is 0.0469 e. The minimum atomic E-state index is 0.750. The Kier molecular flexibility index (Phi) is 9.42. The molecule has 0 rings (SSSR count). The molecule has 0 bridgehead atoms. The molecule has 0 aromatic carbocycles. The van der Waals surface area contributed by atoms with Crippen LogP contribution in [0.1, 0.15) is 40.5 Å². The van der Waals surface area contributed by atoms with Gasteiger partial charge in [0.05, 0.1) is 0 Å². The van der Waals surface area contributed by atoms with Crippen molar-refractivity contribution in [3.8, 4) is 0 Å². The molecule has 2 nitrogen and oxygen atoms in total. The third-order valence-electron chi connectivity index (χ3n) is 2.61. The van der Waals surface area contributed by atoms with Crippen LogP contribution in [0, 0.1) is 11.8 Å². The van der Waals surface area contributed by atoms with E-state index in [1.165, 1.54) is 12.8 Å². The van der Waals surface area contributed by atoms with Crippen LogP contribution in [0.15, 0.2) is 0 Å². The van der Waals surface area contributed by atoms with Crippen molar-refractivity contribution in [1.29, 1.82) is 0 Å². The fraction of sp³-hybridized carbons (Fsp3) is 1.00. The monoisotopic (exact) mass is 201 g/mol. The molecule has 0 amide bonds. The van der Waals surface area contributed by atoms with E-state index in [9.17, 15) is 0 Å². The summed E-state index contributed by atoms with van der Waals surface area (Å²) in [5, 5.41) is 3.49. The molecule has 1 N–H and O–H groups in total. The summed E-state index contributed by atoms with van der Waals surface area (Å²) in [6.45, 7) is 12.9. The van der Waals surface area contributed by atoms with E-state index in [0.29, 0.717) is 0 Å². The third kappa shape index (κ3) is 7.34. The Morgan fingerprint density at radius 2 is 1.93 bits per heavy atom. The Balaban J connectivity index is 3.55. The highest BCUT2D eigenvalue weighted by molar-refractivity contribution is 4.65. The predicted octanol–water partition coefficient (Wildman–Crippen LogP) is 2.68. The lowest BCUT2D eigenvalue weighted by atomic mass is 9.93. The average Bonchev–Trinajstić information content (AvgIpc) is 2.15. The molecule has 0 saturated heterocycles. The van der Waals surface area contributed by atoms with Crippen LogP contribution in [0.4, 0.5) is 0 Å². The summed E-state index contributed by atoms with van der Waals surface area (Å²) in [5.41, 5.74) is 0. The zero-order valence-corrected chi connectivity index (χ0v) is 10.3. The van der Waals surface area contributed by atoms with E-state index in [1.54, 1.807) is 0 Å². The van der Waals surface area contributed by atoms with Gasteiger partial charge in [0.1, 0.15) is 0 Å². The standard InChI is InChI=1S/C12H27NO/c1-5-8-13-10-12(11(3)4)7-9-14-6-2/h11-13H,5-10H2,1-4H3. The Morgan fingerprint density at radius 3 is 2.43 bits per heavy atom. The van der Waals surface area contributed by atoms with Crippen LogP contribution >= 0.6 is 0 Å². The molecule has 2 heteroatoms. The van der Waals surface area contributed by atoms with Crippen molar-refractivity contribution in [3.05, 3.63) is 0 Å². The lowest BCUT2D eigenvalue weighted by Gasteiger charge is -2.21. The fourth-order valence-electron chi connectivity index (χ4n) is 1.51. The Labute approximate surface area is 89.4 Å². The number of rotatable bonds is 9. The molecule has 14 heavy (non-hydrogen) atoms. The van der Waals surface area contributed by atoms with E-state index in [1.807, 2.05) is 0 Å². The van der Waals surface area contributed by atoms with Crippen molar-refractivity contribution in [2.24, 2.45) is 11.8 Å². The highest BCUT2D eigenvalue weighted by Crippen LogP contribution is 2.14. The van der Waals surface area contributed by atoms with Gasteiger partial charge < -0.3 is 10.1 Å². The minimum absolute atomic E-state index is 0.750. The van der Waals surface area contributed by atoms with E-state index >= 15 is 0 Å². The quantitative estimate of drug-likeness (QED) is 0.579. The largest absolute Gasteiger partial charge is 0.382 e. The van der Waals surface area contributed by atoms with Gasteiger partial charge in [0.15, 0.2) is 0 Å². The molecule has 0 aliphatic rings. The first-order valence-corrected chi connectivity index (χ1v) is 6.00. The molecule has 0 aromatic heterocycles. The van der Waals surface area contributed by atoms with Crippen LogP contribution in [-0.2, 0) is 4.74 Å². The zero-order chi connectivity index (χ0) is 10.8. The van der Waals surface area contributed by atoms with Gasteiger partial charge >= 0.3 is 0 Å². The van der Waals surface area contributed by atoms with Crippen molar-refractivity contribution >= 4 is 0 Å². The second-order valence-corrected chi connectivity index (χ2v) is 4.19. The van der Waals surface area contributed by atoms with Crippen LogP contribution in [0.2, 0.25) is 0 Å². The van der Waals surface area contributed by atoms with Gasteiger partial charge in [0.2, 0.25) is 0 Å². The number of hydrogen-bond donors (Lipinski definition) is 1. The SMILES string of the molecule is CCCNCC(CCOCC)C(C)C. The van der Waals surface area contributed by atoms with Gasteiger partial charge in [-0.1, -0.05) is 20.8 Å². The molecule has 1 unspecified atom stereocenters. The first-order valence-electron chi connectivity index (χ1n) is 6.00. The molecular formula is C12H27NO. The summed E-state index contributed by atoms with van der Waals surface area (Å²) in [4.78, 5) is 0. The average molecular weight is 201 g/mol. The maximum absolute atomic E-state index is 5.39. The molecule has 0 saturated carbocycles. The van der Waals surface area contributed by atoms with Gasteiger partial charge in [-0.05, 0) is 44.7 Å². The first-order chi connectivity index (χ1) is 6.72. The summed E-state index contributed by atoms with van der Waals surface area (Å²) < 4.78 is 5.39. The summed E-state index contributed by atoms with van der Waals surface area (Å²) in [6, 6.07) is 0. The van der Waals surface area contributed by atoms with E-state index < -0.39 is 0 Å².